The lowest BCUT2D eigenvalue weighted by atomic mass is 10.1. The SMILES string of the molecule is Cc1cc(F)cc(C(=O)N2CCC[C@@H]2CN)c1. The van der Waals surface area contributed by atoms with E-state index in [-0.39, 0.29) is 17.8 Å². The lowest BCUT2D eigenvalue weighted by Crippen LogP contribution is -2.39. The van der Waals surface area contributed by atoms with Crippen LogP contribution < -0.4 is 5.73 Å². The number of carbonyl (C=O) groups is 1. The molecule has 1 heterocycles. The van der Waals surface area contributed by atoms with Gasteiger partial charge in [0.1, 0.15) is 5.82 Å². The second kappa shape index (κ2) is 4.84. The largest absolute Gasteiger partial charge is 0.334 e. The fourth-order valence-corrected chi connectivity index (χ4v) is 2.37. The van der Waals surface area contributed by atoms with Crippen LogP contribution in [0, 0.1) is 12.7 Å². The van der Waals surface area contributed by atoms with E-state index in [4.69, 9.17) is 5.73 Å². The Morgan fingerprint density at radius 1 is 1.53 bits per heavy atom. The highest BCUT2D eigenvalue weighted by Crippen LogP contribution is 2.20. The van der Waals surface area contributed by atoms with Crippen LogP contribution >= 0.6 is 0 Å². The molecule has 1 saturated heterocycles. The molecule has 1 amide bonds. The third-order valence-corrected chi connectivity index (χ3v) is 3.20. The van der Waals surface area contributed by atoms with Crippen LogP contribution in [0.25, 0.3) is 0 Å². The van der Waals surface area contributed by atoms with Crippen molar-refractivity contribution < 1.29 is 9.18 Å². The molecule has 2 N–H and O–H groups in total. The molecule has 0 bridgehead atoms. The summed E-state index contributed by atoms with van der Waals surface area (Å²) in [6.45, 7) is 2.97. The summed E-state index contributed by atoms with van der Waals surface area (Å²) in [4.78, 5) is 14.0. The van der Waals surface area contributed by atoms with Gasteiger partial charge in [-0.1, -0.05) is 0 Å². The van der Waals surface area contributed by atoms with Crippen LogP contribution in [-0.4, -0.2) is 29.9 Å². The third-order valence-electron chi connectivity index (χ3n) is 3.20. The van der Waals surface area contributed by atoms with Crippen LogP contribution in [0.1, 0.15) is 28.8 Å². The molecule has 92 valence electrons. The molecular formula is C13H17FN2O. The number of benzene rings is 1. The Hall–Kier alpha value is -1.42. The molecule has 1 aromatic rings. The molecule has 1 atom stereocenters. The van der Waals surface area contributed by atoms with E-state index < -0.39 is 0 Å². The zero-order valence-corrected chi connectivity index (χ0v) is 9.95. The highest BCUT2D eigenvalue weighted by atomic mass is 19.1. The van der Waals surface area contributed by atoms with Crippen LogP contribution in [-0.2, 0) is 0 Å². The van der Waals surface area contributed by atoms with E-state index in [0.29, 0.717) is 12.1 Å². The monoisotopic (exact) mass is 236 g/mol. The number of aryl methyl sites for hydroxylation is 1. The van der Waals surface area contributed by atoms with Crippen LogP contribution in [0.3, 0.4) is 0 Å². The van der Waals surface area contributed by atoms with Crippen molar-refractivity contribution in [3.63, 3.8) is 0 Å². The van der Waals surface area contributed by atoms with Crippen LogP contribution in [0.15, 0.2) is 18.2 Å². The molecule has 4 heteroatoms. The molecule has 0 aromatic heterocycles. The molecule has 1 aliphatic heterocycles. The minimum Gasteiger partial charge on any atom is -0.334 e. The summed E-state index contributed by atoms with van der Waals surface area (Å²) in [5.74, 6) is -0.475. The third kappa shape index (κ3) is 2.47. The first-order valence-electron chi connectivity index (χ1n) is 5.90. The Labute approximate surface area is 100 Å². The van der Waals surface area contributed by atoms with Gasteiger partial charge in [0.05, 0.1) is 0 Å². The molecule has 1 aromatic carbocycles. The number of hydrogen-bond acceptors (Lipinski definition) is 2. The summed E-state index contributed by atoms with van der Waals surface area (Å²) in [6.07, 6.45) is 1.92. The maximum absolute atomic E-state index is 13.3. The second-order valence-electron chi connectivity index (χ2n) is 4.55. The predicted molar refractivity (Wildman–Crippen MR) is 64.2 cm³/mol. The zero-order valence-electron chi connectivity index (χ0n) is 9.95. The van der Waals surface area contributed by atoms with Crippen molar-refractivity contribution in [2.45, 2.75) is 25.8 Å². The van der Waals surface area contributed by atoms with Gasteiger partial charge in [0.15, 0.2) is 0 Å². The zero-order chi connectivity index (χ0) is 12.4. The van der Waals surface area contributed by atoms with Gasteiger partial charge in [0.2, 0.25) is 0 Å². The van der Waals surface area contributed by atoms with Crippen molar-refractivity contribution in [3.05, 3.63) is 35.1 Å². The smallest absolute Gasteiger partial charge is 0.254 e. The number of likely N-dealkylation sites (tertiary alicyclic amines) is 1. The maximum atomic E-state index is 13.3. The van der Waals surface area contributed by atoms with Crippen LogP contribution in [0.4, 0.5) is 4.39 Å². The van der Waals surface area contributed by atoms with Gasteiger partial charge in [-0.25, -0.2) is 4.39 Å². The molecule has 0 saturated carbocycles. The standard InChI is InChI=1S/C13H17FN2O/c1-9-5-10(7-11(14)6-9)13(17)16-4-2-3-12(16)8-15/h5-7,12H,2-4,8,15H2,1H3/t12-/m1/s1. The van der Waals surface area contributed by atoms with Crippen molar-refractivity contribution in [2.24, 2.45) is 5.73 Å². The summed E-state index contributed by atoms with van der Waals surface area (Å²) in [5.41, 5.74) is 6.81. The fourth-order valence-electron chi connectivity index (χ4n) is 2.37. The molecule has 1 fully saturated rings. The first kappa shape index (κ1) is 12.0. The molecule has 0 spiro atoms. The number of amides is 1. The molecule has 0 radical (unpaired) electrons. The molecule has 1 aliphatic rings. The predicted octanol–water partition coefficient (Wildman–Crippen LogP) is 1.70. The van der Waals surface area contributed by atoms with E-state index in [9.17, 15) is 9.18 Å². The summed E-state index contributed by atoms with van der Waals surface area (Å²) in [5, 5.41) is 0. The first-order chi connectivity index (χ1) is 8.11. The lowest BCUT2D eigenvalue weighted by molar-refractivity contribution is 0.0740. The second-order valence-corrected chi connectivity index (χ2v) is 4.55. The van der Waals surface area contributed by atoms with Gasteiger partial charge in [-0.3, -0.25) is 4.79 Å². The van der Waals surface area contributed by atoms with E-state index in [1.807, 2.05) is 0 Å². The summed E-state index contributed by atoms with van der Waals surface area (Å²) in [6, 6.07) is 4.53. The van der Waals surface area contributed by atoms with Crippen molar-refractivity contribution >= 4 is 5.91 Å². The summed E-state index contributed by atoms with van der Waals surface area (Å²) >= 11 is 0. The topological polar surface area (TPSA) is 46.3 Å². The van der Waals surface area contributed by atoms with E-state index in [2.05, 4.69) is 0 Å². The Balaban J connectivity index is 2.24. The molecule has 0 aliphatic carbocycles. The minimum atomic E-state index is -0.364. The van der Waals surface area contributed by atoms with Gasteiger partial charge in [-0.05, 0) is 43.5 Å². The number of rotatable bonds is 2. The molecule has 17 heavy (non-hydrogen) atoms. The number of carbonyl (C=O) groups excluding carboxylic acids is 1. The molecule has 0 unspecified atom stereocenters. The van der Waals surface area contributed by atoms with Gasteiger partial charge >= 0.3 is 0 Å². The average molecular weight is 236 g/mol. The quantitative estimate of drug-likeness (QED) is 0.849. The molecular weight excluding hydrogens is 219 g/mol. The van der Waals surface area contributed by atoms with E-state index in [0.717, 1.165) is 24.9 Å². The van der Waals surface area contributed by atoms with Crippen molar-refractivity contribution in [1.29, 1.82) is 0 Å². The van der Waals surface area contributed by atoms with Crippen molar-refractivity contribution in [1.82, 2.24) is 4.90 Å². The van der Waals surface area contributed by atoms with Gasteiger partial charge in [-0.15, -0.1) is 0 Å². The minimum absolute atomic E-state index is 0.103. The Morgan fingerprint density at radius 3 is 2.94 bits per heavy atom. The maximum Gasteiger partial charge on any atom is 0.254 e. The Bertz CT molecular complexity index is 413. The van der Waals surface area contributed by atoms with E-state index in [1.165, 1.54) is 12.1 Å². The van der Waals surface area contributed by atoms with Gasteiger partial charge in [0.25, 0.3) is 5.91 Å². The number of hydrogen-bond donors (Lipinski definition) is 1. The van der Waals surface area contributed by atoms with Crippen LogP contribution in [0.2, 0.25) is 0 Å². The first-order valence-corrected chi connectivity index (χ1v) is 5.90. The lowest BCUT2D eigenvalue weighted by Gasteiger charge is -2.23. The highest BCUT2D eigenvalue weighted by Gasteiger charge is 2.28. The molecule has 2 rings (SSSR count). The normalized spacial score (nSPS) is 19.7. The van der Waals surface area contributed by atoms with Gasteiger partial charge < -0.3 is 10.6 Å². The number of halogens is 1. The molecule has 3 nitrogen and oxygen atoms in total. The summed E-state index contributed by atoms with van der Waals surface area (Å²) < 4.78 is 13.3. The van der Waals surface area contributed by atoms with Crippen LogP contribution in [0.5, 0.6) is 0 Å². The van der Waals surface area contributed by atoms with Gasteiger partial charge in [0, 0.05) is 24.7 Å². The average Bonchev–Trinajstić information content (AvgIpc) is 2.74. The van der Waals surface area contributed by atoms with Crippen molar-refractivity contribution in [3.8, 4) is 0 Å². The van der Waals surface area contributed by atoms with Crippen molar-refractivity contribution in [2.75, 3.05) is 13.1 Å². The Morgan fingerprint density at radius 2 is 2.29 bits per heavy atom. The number of nitrogens with two attached hydrogens (primary N) is 1. The van der Waals surface area contributed by atoms with E-state index in [1.54, 1.807) is 17.9 Å². The Kier molecular flexibility index (Phi) is 3.43. The summed E-state index contributed by atoms with van der Waals surface area (Å²) in [7, 11) is 0. The number of nitrogens with zero attached hydrogens (tertiary/aromatic N) is 1. The highest BCUT2D eigenvalue weighted by molar-refractivity contribution is 5.94. The van der Waals surface area contributed by atoms with Gasteiger partial charge in [-0.2, -0.15) is 0 Å². The van der Waals surface area contributed by atoms with E-state index >= 15 is 0 Å². The fraction of sp³-hybridized carbons (Fsp3) is 0.462.